The van der Waals surface area contributed by atoms with Crippen molar-refractivity contribution in [3.8, 4) is 0 Å². The van der Waals surface area contributed by atoms with Crippen molar-refractivity contribution in [3.63, 3.8) is 0 Å². The molecule has 2 heterocycles. The summed E-state index contributed by atoms with van der Waals surface area (Å²) in [6.45, 7) is 5.09. The fraction of sp³-hybridized carbons (Fsp3) is 0.500. The van der Waals surface area contributed by atoms with E-state index in [2.05, 4.69) is 28.8 Å². The van der Waals surface area contributed by atoms with Crippen LogP contribution in [0.25, 0.3) is 0 Å². The molecular weight excluding hydrogens is 218 g/mol. The molecule has 1 N–H and O–H groups in total. The molecule has 1 unspecified atom stereocenters. The van der Waals surface area contributed by atoms with Gasteiger partial charge in [-0.1, -0.05) is 0 Å². The molecule has 0 saturated carbocycles. The van der Waals surface area contributed by atoms with Crippen molar-refractivity contribution in [2.24, 2.45) is 0 Å². The number of piperazine rings is 1. The Bertz CT molecular complexity index is 405. The first kappa shape index (κ1) is 11.9. The second-order valence-electron chi connectivity index (χ2n) is 4.51. The van der Waals surface area contributed by atoms with Gasteiger partial charge in [0.05, 0.1) is 5.56 Å². The summed E-state index contributed by atoms with van der Waals surface area (Å²) in [6, 6.07) is 3.79. The third kappa shape index (κ3) is 2.55. The van der Waals surface area contributed by atoms with Crippen molar-refractivity contribution < 1.29 is 9.90 Å². The van der Waals surface area contributed by atoms with Gasteiger partial charge in [0.2, 0.25) is 0 Å². The van der Waals surface area contributed by atoms with Gasteiger partial charge < -0.3 is 14.9 Å². The third-order valence-corrected chi connectivity index (χ3v) is 3.12. The highest BCUT2D eigenvalue weighted by atomic mass is 16.4. The fourth-order valence-corrected chi connectivity index (χ4v) is 2.16. The minimum Gasteiger partial charge on any atom is -0.478 e. The highest BCUT2D eigenvalue weighted by molar-refractivity contribution is 5.87. The van der Waals surface area contributed by atoms with E-state index in [-0.39, 0.29) is 5.56 Å². The van der Waals surface area contributed by atoms with Crippen LogP contribution < -0.4 is 4.90 Å². The number of aromatic carboxylic acids is 1. The zero-order chi connectivity index (χ0) is 12.4. The summed E-state index contributed by atoms with van der Waals surface area (Å²) < 4.78 is 0. The van der Waals surface area contributed by atoms with E-state index in [1.165, 1.54) is 6.20 Å². The SMILES string of the molecule is CC1CN(C)CCN1c1ccc(C(=O)O)cn1. The van der Waals surface area contributed by atoms with E-state index in [4.69, 9.17) is 5.11 Å². The van der Waals surface area contributed by atoms with Crippen LogP contribution in [0.2, 0.25) is 0 Å². The van der Waals surface area contributed by atoms with Crippen LogP contribution in [-0.4, -0.2) is 53.7 Å². The molecule has 0 aliphatic carbocycles. The van der Waals surface area contributed by atoms with Crippen molar-refractivity contribution in [1.82, 2.24) is 9.88 Å². The van der Waals surface area contributed by atoms with Crippen molar-refractivity contribution in [3.05, 3.63) is 23.9 Å². The maximum Gasteiger partial charge on any atom is 0.337 e. The van der Waals surface area contributed by atoms with Gasteiger partial charge in [-0.3, -0.25) is 0 Å². The van der Waals surface area contributed by atoms with Crippen LogP contribution in [-0.2, 0) is 0 Å². The molecule has 0 radical (unpaired) electrons. The van der Waals surface area contributed by atoms with Crippen molar-refractivity contribution in [2.45, 2.75) is 13.0 Å². The predicted molar refractivity (Wildman–Crippen MR) is 65.5 cm³/mol. The second kappa shape index (κ2) is 4.71. The minimum absolute atomic E-state index is 0.232. The largest absolute Gasteiger partial charge is 0.478 e. The standard InChI is InChI=1S/C12H17N3O2/c1-9-8-14(2)5-6-15(9)11-4-3-10(7-13-11)12(16)17/h3-4,7,9H,5-6,8H2,1-2H3,(H,16,17). The van der Waals surface area contributed by atoms with Gasteiger partial charge in [-0.2, -0.15) is 0 Å². The lowest BCUT2D eigenvalue weighted by atomic mass is 10.2. The Morgan fingerprint density at radius 1 is 1.47 bits per heavy atom. The molecule has 17 heavy (non-hydrogen) atoms. The third-order valence-electron chi connectivity index (χ3n) is 3.12. The van der Waals surface area contributed by atoms with Gasteiger partial charge in [-0.05, 0) is 26.1 Å². The average molecular weight is 235 g/mol. The fourth-order valence-electron chi connectivity index (χ4n) is 2.16. The Morgan fingerprint density at radius 3 is 2.76 bits per heavy atom. The van der Waals surface area contributed by atoms with E-state index in [0.717, 1.165) is 25.5 Å². The second-order valence-corrected chi connectivity index (χ2v) is 4.51. The van der Waals surface area contributed by atoms with E-state index in [9.17, 15) is 4.79 Å². The number of carbonyl (C=O) groups is 1. The number of hydrogen-bond donors (Lipinski definition) is 1. The molecule has 92 valence electrons. The lowest BCUT2D eigenvalue weighted by Gasteiger charge is -2.39. The first-order valence-electron chi connectivity index (χ1n) is 5.72. The van der Waals surface area contributed by atoms with Crippen molar-refractivity contribution >= 4 is 11.8 Å². The Morgan fingerprint density at radius 2 is 2.24 bits per heavy atom. The van der Waals surface area contributed by atoms with E-state index in [0.29, 0.717) is 6.04 Å². The lowest BCUT2D eigenvalue weighted by molar-refractivity contribution is 0.0696. The van der Waals surface area contributed by atoms with Crippen LogP contribution in [0.5, 0.6) is 0 Å². The van der Waals surface area contributed by atoms with Crippen LogP contribution in [0.15, 0.2) is 18.3 Å². The number of rotatable bonds is 2. The van der Waals surface area contributed by atoms with E-state index in [1.807, 2.05) is 0 Å². The molecule has 0 amide bonds. The van der Waals surface area contributed by atoms with Gasteiger partial charge in [0.25, 0.3) is 0 Å². The Labute approximate surface area is 101 Å². The van der Waals surface area contributed by atoms with E-state index < -0.39 is 5.97 Å². The number of carboxylic acids is 1. The summed E-state index contributed by atoms with van der Waals surface area (Å²) in [7, 11) is 2.11. The molecule has 1 aliphatic rings. The van der Waals surface area contributed by atoms with Gasteiger partial charge >= 0.3 is 5.97 Å². The van der Waals surface area contributed by atoms with Gasteiger partial charge in [-0.15, -0.1) is 0 Å². The van der Waals surface area contributed by atoms with Crippen LogP contribution in [0.1, 0.15) is 17.3 Å². The number of anilines is 1. The highest BCUT2D eigenvalue weighted by Gasteiger charge is 2.22. The molecule has 1 saturated heterocycles. The number of carboxylic acid groups (broad SMARTS) is 1. The molecule has 0 spiro atoms. The number of hydrogen-bond acceptors (Lipinski definition) is 4. The number of nitrogens with zero attached hydrogens (tertiary/aromatic N) is 3. The van der Waals surface area contributed by atoms with Crippen LogP contribution >= 0.6 is 0 Å². The summed E-state index contributed by atoms with van der Waals surface area (Å²) in [4.78, 5) is 19.5. The molecule has 0 bridgehead atoms. The average Bonchev–Trinajstić information content (AvgIpc) is 2.29. The maximum atomic E-state index is 10.7. The smallest absolute Gasteiger partial charge is 0.337 e. The summed E-state index contributed by atoms with van der Waals surface area (Å²) in [6.07, 6.45) is 1.42. The zero-order valence-electron chi connectivity index (χ0n) is 10.1. The van der Waals surface area contributed by atoms with E-state index in [1.54, 1.807) is 12.1 Å². The number of likely N-dealkylation sites (N-methyl/N-ethyl adjacent to an activating group) is 1. The summed E-state index contributed by atoms with van der Waals surface area (Å²) >= 11 is 0. The molecule has 1 aromatic heterocycles. The number of pyridine rings is 1. The topological polar surface area (TPSA) is 56.7 Å². The monoisotopic (exact) mass is 235 g/mol. The molecule has 0 aromatic carbocycles. The maximum absolute atomic E-state index is 10.7. The molecule has 1 aromatic rings. The summed E-state index contributed by atoms with van der Waals surface area (Å²) in [5, 5.41) is 8.81. The lowest BCUT2D eigenvalue weighted by Crippen LogP contribution is -2.50. The highest BCUT2D eigenvalue weighted by Crippen LogP contribution is 2.17. The summed E-state index contributed by atoms with van der Waals surface area (Å²) in [5.41, 5.74) is 0.232. The molecule has 5 heteroatoms. The molecular formula is C12H17N3O2. The van der Waals surface area contributed by atoms with Gasteiger partial charge in [0, 0.05) is 31.9 Å². The Balaban J connectivity index is 2.14. The van der Waals surface area contributed by atoms with Crippen molar-refractivity contribution in [1.29, 1.82) is 0 Å². The Kier molecular flexibility index (Phi) is 3.28. The van der Waals surface area contributed by atoms with Gasteiger partial charge in [-0.25, -0.2) is 9.78 Å². The first-order chi connectivity index (χ1) is 8.08. The first-order valence-corrected chi connectivity index (χ1v) is 5.72. The van der Waals surface area contributed by atoms with Crippen LogP contribution in [0, 0.1) is 0 Å². The Hall–Kier alpha value is -1.62. The predicted octanol–water partition coefficient (Wildman–Crippen LogP) is 0.920. The van der Waals surface area contributed by atoms with Gasteiger partial charge in [0.1, 0.15) is 5.82 Å². The molecule has 1 atom stereocenters. The zero-order valence-corrected chi connectivity index (χ0v) is 10.1. The minimum atomic E-state index is -0.935. The van der Waals surface area contributed by atoms with Gasteiger partial charge in [0.15, 0.2) is 0 Å². The quantitative estimate of drug-likeness (QED) is 0.826. The molecule has 5 nitrogen and oxygen atoms in total. The van der Waals surface area contributed by atoms with Crippen molar-refractivity contribution in [2.75, 3.05) is 31.6 Å². The molecule has 1 fully saturated rings. The van der Waals surface area contributed by atoms with Crippen LogP contribution in [0.3, 0.4) is 0 Å². The van der Waals surface area contributed by atoms with E-state index >= 15 is 0 Å². The normalized spacial score (nSPS) is 21.5. The van der Waals surface area contributed by atoms with Crippen LogP contribution in [0.4, 0.5) is 5.82 Å². The molecule has 1 aliphatic heterocycles. The number of aromatic nitrogens is 1. The summed E-state index contributed by atoms with van der Waals surface area (Å²) in [5.74, 6) is -0.0777. The molecule has 2 rings (SSSR count).